The molecule has 0 saturated heterocycles. The van der Waals surface area contributed by atoms with Crippen molar-refractivity contribution in [2.75, 3.05) is 19.6 Å². The highest BCUT2D eigenvalue weighted by Gasteiger charge is 2.21. The largest absolute Gasteiger partial charge is 0.387 e. The number of hydrogen-bond acceptors (Lipinski definition) is 5. The predicted octanol–water partition coefficient (Wildman–Crippen LogP) is 3.87. The molecule has 3 N–H and O–H groups in total. The van der Waals surface area contributed by atoms with Crippen molar-refractivity contribution in [3.05, 3.63) is 65.0 Å². The summed E-state index contributed by atoms with van der Waals surface area (Å²) in [5.74, 6) is 0.217. The lowest BCUT2D eigenvalue weighted by Gasteiger charge is -2.22. The zero-order valence-electron chi connectivity index (χ0n) is 19.5. The third kappa shape index (κ3) is 6.75. The first-order chi connectivity index (χ1) is 16.0. The second-order valence-electron chi connectivity index (χ2n) is 8.24. The molecule has 3 rings (SSSR count). The SMILES string of the molecule is CCCN(CCC)C(=O)C1=Cc2ccc(C(=O)NCCCc3cccnc3)cc2N=C(N)C1. The summed E-state index contributed by atoms with van der Waals surface area (Å²) in [6, 6.07) is 9.27. The molecule has 0 fully saturated rings. The number of aryl methyl sites for hydroxylation is 1. The number of carbonyl (C=O) groups excluding carboxylic acids is 2. The van der Waals surface area contributed by atoms with Gasteiger partial charge in [-0.2, -0.15) is 0 Å². The zero-order valence-corrected chi connectivity index (χ0v) is 19.5. The lowest BCUT2D eigenvalue weighted by Crippen LogP contribution is -2.34. The van der Waals surface area contributed by atoms with Crippen LogP contribution in [0.1, 0.15) is 61.0 Å². The predicted molar refractivity (Wildman–Crippen MR) is 132 cm³/mol. The summed E-state index contributed by atoms with van der Waals surface area (Å²) in [7, 11) is 0. The average molecular weight is 448 g/mol. The van der Waals surface area contributed by atoms with Gasteiger partial charge in [-0.25, -0.2) is 4.99 Å². The van der Waals surface area contributed by atoms with Gasteiger partial charge in [0.1, 0.15) is 5.84 Å². The number of amidine groups is 1. The van der Waals surface area contributed by atoms with Crippen molar-refractivity contribution < 1.29 is 9.59 Å². The number of rotatable bonds is 10. The zero-order chi connectivity index (χ0) is 23.6. The molecule has 0 atom stereocenters. The third-order valence-electron chi connectivity index (χ3n) is 5.46. The van der Waals surface area contributed by atoms with E-state index in [0.717, 1.165) is 36.8 Å². The Morgan fingerprint density at radius 3 is 2.64 bits per heavy atom. The fourth-order valence-corrected chi connectivity index (χ4v) is 3.87. The van der Waals surface area contributed by atoms with Gasteiger partial charge >= 0.3 is 0 Å². The first-order valence-corrected chi connectivity index (χ1v) is 11.7. The van der Waals surface area contributed by atoms with E-state index in [1.165, 1.54) is 0 Å². The van der Waals surface area contributed by atoms with E-state index in [0.29, 0.717) is 48.7 Å². The average Bonchev–Trinajstić information content (AvgIpc) is 2.99. The number of aliphatic imine (C=N–C) groups is 1. The van der Waals surface area contributed by atoms with Gasteiger partial charge in [-0.05, 0) is 55.5 Å². The van der Waals surface area contributed by atoms with Crippen LogP contribution in [0.4, 0.5) is 5.69 Å². The summed E-state index contributed by atoms with van der Waals surface area (Å²) in [6.45, 7) is 6.13. The van der Waals surface area contributed by atoms with Crippen molar-refractivity contribution >= 4 is 29.4 Å². The standard InChI is InChI=1S/C26H33N5O2/c1-3-13-31(14-4-2)26(33)22-15-20-9-10-21(16-23(20)30-24(27)17-22)25(32)29-12-6-8-19-7-5-11-28-18-19/h5,7,9-11,15-16,18H,3-4,6,8,12-14,17H2,1-2H3,(H2,27,30)(H,29,32). The molecule has 174 valence electrons. The molecule has 0 spiro atoms. The number of benzene rings is 1. The van der Waals surface area contributed by atoms with Gasteiger partial charge in [-0.15, -0.1) is 0 Å². The molecular formula is C26H33N5O2. The van der Waals surface area contributed by atoms with Crippen LogP contribution in [0.15, 0.2) is 53.3 Å². The molecule has 7 nitrogen and oxygen atoms in total. The third-order valence-corrected chi connectivity index (χ3v) is 5.46. The molecule has 2 amide bonds. The summed E-state index contributed by atoms with van der Waals surface area (Å²) in [5, 5.41) is 2.96. The van der Waals surface area contributed by atoms with Gasteiger partial charge in [0, 0.05) is 55.1 Å². The summed E-state index contributed by atoms with van der Waals surface area (Å²) < 4.78 is 0. The first kappa shape index (κ1) is 24.2. The van der Waals surface area contributed by atoms with E-state index in [-0.39, 0.29) is 11.8 Å². The van der Waals surface area contributed by atoms with E-state index in [1.807, 2.05) is 35.4 Å². The number of nitrogens with two attached hydrogens (primary N) is 1. The molecule has 1 aliphatic rings. The van der Waals surface area contributed by atoms with Gasteiger partial charge in [0.15, 0.2) is 0 Å². The van der Waals surface area contributed by atoms with Crippen LogP contribution >= 0.6 is 0 Å². The van der Waals surface area contributed by atoms with E-state index in [9.17, 15) is 9.59 Å². The van der Waals surface area contributed by atoms with Gasteiger partial charge in [0.25, 0.3) is 5.91 Å². The quantitative estimate of drug-likeness (QED) is 0.540. The number of hydrogen-bond donors (Lipinski definition) is 2. The Kier molecular flexibility index (Phi) is 8.75. The highest BCUT2D eigenvalue weighted by Crippen LogP contribution is 2.28. The summed E-state index contributed by atoms with van der Waals surface area (Å²) in [4.78, 5) is 36.2. The monoisotopic (exact) mass is 447 g/mol. The maximum Gasteiger partial charge on any atom is 0.251 e. The highest BCUT2D eigenvalue weighted by molar-refractivity contribution is 6.06. The van der Waals surface area contributed by atoms with Crippen molar-refractivity contribution in [3.8, 4) is 0 Å². The van der Waals surface area contributed by atoms with Crippen LogP contribution in [-0.4, -0.2) is 47.2 Å². The molecule has 1 aromatic carbocycles. The van der Waals surface area contributed by atoms with E-state index in [2.05, 4.69) is 29.1 Å². The van der Waals surface area contributed by atoms with E-state index in [1.54, 1.807) is 18.3 Å². The summed E-state index contributed by atoms with van der Waals surface area (Å²) >= 11 is 0. The molecule has 7 heteroatoms. The molecule has 0 bridgehead atoms. The van der Waals surface area contributed by atoms with Gasteiger partial charge < -0.3 is 16.0 Å². The Hall–Kier alpha value is -3.48. The van der Waals surface area contributed by atoms with Crippen LogP contribution in [0, 0.1) is 0 Å². The molecule has 2 aromatic rings. The minimum absolute atomic E-state index is 0.000126. The van der Waals surface area contributed by atoms with Crippen molar-refractivity contribution in [2.45, 2.75) is 46.0 Å². The molecule has 0 aliphatic carbocycles. The van der Waals surface area contributed by atoms with Crippen molar-refractivity contribution in [1.29, 1.82) is 0 Å². The molecule has 2 heterocycles. The van der Waals surface area contributed by atoms with Crippen LogP contribution in [0.5, 0.6) is 0 Å². The summed E-state index contributed by atoms with van der Waals surface area (Å²) in [6.07, 6.45) is 9.23. The topological polar surface area (TPSA) is 101 Å². The van der Waals surface area contributed by atoms with E-state index < -0.39 is 0 Å². The number of fused-ring (bicyclic) bond motifs is 1. The lowest BCUT2D eigenvalue weighted by molar-refractivity contribution is -0.127. The van der Waals surface area contributed by atoms with Gasteiger partial charge in [0.2, 0.25) is 5.91 Å². The molecule has 1 aliphatic heterocycles. The number of nitrogens with zero attached hydrogens (tertiary/aromatic N) is 3. The smallest absolute Gasteiger partial charge is 0.251 e. The first-order valence-electron chi connectivity index (χ1n) is 11.7. The Labute approximate surface area is 195 Å². The Morgan fingerprint density at radius 1 is 1.15 bits per heavy atom. The molecular weight excluding hydrogens is 414 g/mol. The molecule has 0 saturated carbocycles. The van der Waals surface area contributed by atoms with Crippen molar-refractivity contribution in [2.24, 2.45) is 10.7 Å². The molecule has 0 radical (unpaired) electrons. The molecule has 0 unspecified atom stereocenters. The summed E-state index contributed by atoms with van der Waals surface area (Å²) in [5.41, 5.74) is 9.84. The van der Waals surface area contributed by atoms with Crippen LogP contribution in [0.3, 0.4) is 0 Å². The fourth-order valence-electron chi connectivity index (χ4n) is 3.87. The molecule has 33 heavy (non-hydrogen) atoms. The van der Waals surface area contributed by atoms with Crippen LogP contribution in [-0.2, 0) is 11.2 Å². The van der Waals surface area contributed by atoms with Crippen molar-refractivity contribution in [1.82, 2.24) is 15.2 Å². The number of aromatic nitrogens is 1. The second-order valence-corrected chi connectivity index (χ2v) is 8.24. The fraction of sp³-hybridized carbons (Fsp3) is 0.385. The normalized spacial score (nSPS) is 12.8. The Bertz CT molecular complexity index is 1020. The Balaban J connectivity index is 1.69. The van der Waals surface area contributed by atoms with Gasteiger partial charge in [-0.3, -0.25) is 14.6 Å². The lowest BCUT2D eigenvalue weighted by atomic mass is 10.0. The van der Waals surface area contributed by atoms with Crippen LogP contribution in [0.2, 0.25) is 0 Å². The number of pyridine rings is 1. The van der Waals surface area contributed by atoms with E-state index in [4.69, 9.17) is 5.73 Å². The van der Waals surface area contributed by atoms with Gasteiger partial charge in [-0.1, -0.05) is 26.0 Å². The van der Waals surface area contributed by atoms with Crippen molar-refractivity contribution in [3.63, 3.8) is 0 Å². The minimum Gasteiger partial charge on any atom is -0.387 e. The van der Waals surface area contributed by atoms with Crippen LogP contribution in [0.25, 0.3) is 6.08 Å². The van der Waals surface area contributed by atoms with Gasteiger partial charge in [0.05, 0.1) is 5.69 Å². The highest BCUT2D eigenvalue weighted by atomic mass is 16.2. The Morgan fingerprint density at radius 2 is 1.94 bits per heavy atom. The van der Waals surface area contributed by atoms with Crippen LogP contribution < -0.4 is 11.1 Å². The number of nitrogens with one attached hydrogen (secondary N) is 1. The molecule has 1 aromatic heterocycles. The number of carbonyl (C=O) groups is 2. The second kappa shape index (κ2) is 11.9. The van der Waals surface area contributed by atoms with E-state index >= 15 is 0 Å². The maximum atomic E-state index is 13.1. The maximum absolute atomic E-state index is 13.1. The number of amides is 2. The minimum atomic E-state index is -0.153.